The molecular weight excluding hydrogens is 200 g/mol. The molecule has 1 aliphatic heterocycles. The zero-order valence-electron chi connectivity index (χ0n) is 11.0. The van der Waals surface area contributed by atoms with E-state index in [1.54, 1.807) is 0 Å². The summed E-state index contributed by atoms with van der Waals surface area (Å²) in [5.74, 6) is 1.02. The quantitative estimate of drug-likeness (QED) is 0.778. The van der Waals surface area contributed by atoms with E-state index >= 15 is 0 Å². The van der Waals surface area contributed by atoms with Crippen LogP contribution in [0.15, 0.2) is 0 Å². The summed E-state index contributed by atoms with van der Waals surface area (Å²) in [5, 5.41) is 3.40. The Morgan fingerprint density at radius 3 is 2.88 bits per heavy atom. The molecule has 0 saturated carbocycles. The molecule has 1 rings (SSSR count). The van der Waals surface area contributed by atoms with Gasteiger partial charge in [-0.25, -0.2) is 0 Å². The number of hydrogen-bond donors (Lipinski definition) is 1. The molecule has 1 aliphatic rings. The Morgan fingerprint density at radius 2 is 2.31 bits per heavy atom. The van der Waals surface area contributed by atoms with E-state index in [9.17, 15) is 4.79 Å². The fourth-order valence-corrected chi connectivity index (χ4v) is 2.19. The second-order valence-corrected chi connectivity index (χ2v) is 5.01. The van der Waals surface area contributed by atoms with E-state index < -0.39 is 0 Å². The lowest BCUT2D eigenvalue weighted by atomic mass is 9.94. The van der Waals surface area contributed by atoms with Gasteiger partial charge in [0.2, 0.25) is 5.91 Å². The summed E-state index contributed by atoms with van der Waals surface area (Å²) in [6.45, 7) is 6.48. The number of nitrogens with one attached hydrogen (secondary N) is 1. The van der Waals surface area contributed by atoms with Gasteiger partial charge in [0, 0.05) is 19.5 Å². The van der Waals surface area contributed by atoms with E-state index in [0.29, 0.717) is 24.3 Å². The zero-order valence-corrected chi connectivity index (χ0v) is 11.0. The van der Waals surface area contributed by atoms with Gasteiger partial charge in [0.05, 0.1) is 0 Å². The van der Waals surface area contributed by atoms with Crippen molar-refractivity contribution < 1.29 is 4.79 Å². The van der Waals surface area contributed by atoms with Gasteiger partial charge < -0.3 is 10.2 Å². The van der Waals surface area contributed by atoms with E-state index in [4.69, 9.17) is 0 Å². The van der Waals surface area contributed by atoms with E-state index in [1.165, 1.54) is 12.8 Å². The first kappa shape index (κ1) is 13.5. The number of carbonyl (C=O) groups excluding carboxylic acids is 1. The lowest BCUT2D eigenvalue weighted by Crippen LogP contribution is -2.35. The van der Waals surface area contributed by atoms with Crippen molar-refractivity contribution in [1.29, 1.82) is 0 Å². The van der Waals surface area contributed by atoms with Gasteiger partial charge in [-0.3, -0.25) is 4.79 Å². The van der Waals surface area contributed by atoms with Gasteiger partial charge in [0.25, 0.3) is 0 Å². The van der Waals surface area contributed by atoms with Crippen LogP contribution in [0, 0.1) is 5.92 Å². The van der Waals surface area contributed by atoms with Crippen LogP contribution in [-0.2, 0) is 4.79 Å². The third-order valence-electron chi connectivity index (χ3n) is 3.81. The Labute approximate surface area is 99.6 Å². The van der Waals surface area contributed by atoms with Crippen LogP contribution in [0.5, 0.6) is 0 Å². The molecule has 0 spiro atoms. The average Bonchev–Trinajstić information content (AvgIpc) is 2.35. The van der Waals surface area contributed by atoms with Gasteiger partial charge in [-0.1, -0.05) is 6.92 Å². The molecule has 0 aromatic carbocycles. The van der Waals surface area contributed by atoms with Crippen molar-refractivity contribution in [3.05, 3.63) is 0 Å². The normalized spacial score (nSPS) is 22.8. The van der Waals surface area contributed by atoms with Crippen molar-refractivity contribution in [3.63, 3.8) is 0 Å². The van der Waals surface area contributed by atoms with Crippen LogP contribution in [0.4, 0.5) is 0 Å². The van der Waals surface area contributed by atoms with Gasteiger partial charge in [0.1, 0.15) is 0 Å². The molecule has 1 amide bonds. The number of nitrogens with zero attached hydrogens (tertiary/aromatic N) is 1. The topological polar surface area (TPSA) is 32.3 Å². The summed E-state index contributed by atoms with van der Waals surface area (Å²) in [5.41, 5.74) is 0. The van der Waals surface area contributed by atoms with Crippen LogP contribution in [0.1, 0.15) is 46.0 Å². The number of amides is 1. The molecule has 3 nitrogen and oxygen atoms in total. The largest absolute Gasteiger partial charge is 0.343 e. The molecule has 1 heterocycles. The zero-order chi connectivity index (χ0) is 12.0. The molecule has 3 heteroatoms. The highest BCUT2D eigenvalue weighted by Gasteiger charge is 2.18. The molecule has 0 radical (unpaired) electrons. The minimum Gasteiger partial charge on any atom is -0.343 e. The van der Waals surface area contributed by atoms with Crippen molar-refractivity contribution in [2.24, 2.45) is 5.92 Å². The summed E-state index contributed by atoms with van der Waals surface area (Å²) in [6.07, 6.45) is 5.35. The summed E-state index contributed by atoms with van der Waals surface area (Å²) in [4.78, 5) is 13.8. The van der Waals surface area contributed by atoms with Crippen LogP contribution in [0.3, 0.4) is 0 Å². The molecule has 16 heavy (non-hydrogen) atoms. The van der Waals surface area contributed by atoms with E-state index in [-0.39, 0.29) is 0 Å². The molecule has 0 aromatic heterocycles. The summed E-state index contributed by atoms with van der Waals surface area (Å²) in [7, 11) is 1.93. The van der Waals surface area contributed by atoms with Crippen LogP contribution in [0.25, 0.3) is 0 Å². The monoisotopic (exact) mass is 226 g/mol. The lowest BCUT2D eigenvalue weighted by molar-refractivity contribution is -0.132. The van der Waals surface area contributed by atoms with Crippen LogP contribution < -0.4 is 5.32 Å². The van der Waals surface area contributed by atoms with Crippen LogP contribution >= 0.6 is 0 Å². The fraction of sp³-hybridized carbons (Fsp3) is 0.923. The Bertz CT molecular complexity index is 212. The van der Waals surface area contributed by atoms with Crippen LogP contribution in [-0.4, -0.2) is 37.0 Å². The Balaban J connectivity index is 2.23. The molecule has 1 N–H and O–H groups in total. The molecule has 94 valence electrons. The van der Waals surface area contributed by atoms with Crippen LogP contribution in [0.2, 0.25) is 0 Å². The third kappa shape index (κ3) is 4.12. The summed E-state index contributed by atoms with van der Waals surface area (Å²) in [6, 6.07) is 0.372. The number of piperidine rings is 1. The molecule has 1 saturated heterocycles. The predicted octanol–water partition coefficient (Wildman–Crippen LogP) is 2.02. The first-order valence-corrected chi connectivity index (χ1v) is 6.61. The summed E-state index contributed by atoms with van der Waals surface area (Å²) >= 11 is 0. The van der Waals surface area contributed by atoms with Gasteiger partial charge in [-0.2, -0.15) is 0 Å². The maximum Gasteiger partial charge on any atom is 0.222 e. The highest BCUT2D eigenvalue weighted by atomic mass is 16.2. The van der Waals surface area contributed by atoms with Gasteiger partial charge in [-0.15, -0.1) is 0 Å². The summed E-state index contributed by atoms with van der Waals surface area (Å²) < 4.78 is 0. The Morgan fingerprint density at radius 1 is 1.56 bits per heavy atom. The third-order valence-corrected chi connectivity index (χ3v) is 3.81. The molecule has 0 aliphatic carbocycles. The van der Waals surface area contributed by atoms with Crippen molar-refractivity contribution in [2.75, 3.05) is 20.1 Å². The highest BCUT2D eigenvalue weighted by molar-refractivity contribution is 5.76. The van der Waals surface area contributed by atoms with Crippen molar-refractivity contribution in [2.45, 2.75) is 52.0 Å². The van der Waals surface area contributed by atoms with Crippen molar-refractivity contribution >= 4 is 5.91 Å². The minimum absolute atomic E-state index is 0.305. The molecule has 0 aromatic rings. The fourth-order valence-electron chi connectivity index (χ4n) is 2.19. The van der Waals surface area contributed by atoms with Gasteiger partial charge in [-0.05, 0) is 51.6 Å². The first-order valence-electron chi connectivity index (χ1n) is 6.61. The molecule has 2 atom stereocenters. The standard InChI is InChI=1S/C13H26N2O/c1-4-11(2)15(3)13(16)8-7-12-6-5-9-14-10-12/h11-12,14H,4-10H2,1-3H3. The maximum atomic E-state index is 11.9. The smallest absolute Gasteiger partial charge is 0.222 e. The van der Waals surface area contributed by atoms with E-state index in [1.807, 2.05) is 11.9 Å². The Hall–Kier alpha value is -0.570. The van der Waals surface area contributed by atoms with E-state index in [2.05, 4.69) is 19.2 Å². The minimum atomic E-state index is 0.305. The van der Waals surface area contributed by atoms with Gasteiger partial charge >= 0.3 is 0 Å². The molecule has 0 bridgehead atoms. The molecule has 2 unspecified atom stereocenters. The van der Waals surface area contributed by atoms with E-state index in [0.717, 1.165) is 25.9 Å². The van der Waals surface area contributed by atoms with Crippen molar-refractivity contribution in [1.82, 2.24) is 10.2 Å². The SMILES string of the molecule is CCC(C)N(C)C(=O)CCC1CCCNC1. The molecule has 1 fully saturated rings. The predicted molar refractivity (Wildman–Crippen MR) is 67.4 cm³/mol. The Kier molecular flexibility index (Phi) is 5.81. The van der Waals surface area contributed by atoms with Gasteiger partial charge in [0.15, 0.2) is 0 Å². The number of carbonyl (C=O) groups is 1. The number of hydrogen-bond acceptors (Lipinski definition) is 2. The first-order chi connectivity index (χ1) is 7.65. The average molecular weight is 226 g/mol. The van der Waals surface area contributed by atoms with Crippen molar-refractivity contribution in [3.8, 4) is 0 Å². The second kappa shape index (κ2) is 6.89. The maximum absolute atomic E-state index is 11.9. The number of rotatable bonds is 5. The second-order valence-electron chi connectivity index (χ2n) is 5.01. The highest BCUT2D eigenvalue weighted by Crippen LogP contribution is 2.17. The molecular formula is C13H26N2O. The lowest BCUT2D eigenvalue weighted by Gasteiger charge is -2.26.